The number of carbonyl (C=O) groups excluding carboxylic acids is 1. The molecule has 0 unspecified atom stereocenters. The summed E-state index contributed by atoms with van der Waals surface area (Å²) in [5.41, 5.74) is 1.12. The van der Waals surface area contributed by atoms with Gasteiger partial charge in [0.15, 0.2) is 10.1 Å². The number of amides is 1. The van der Waals surface area contributed by atoms with Crippen molar-refractivity contribution in [2.24, 2.45) is 0 Å². The lowest BCUT2D eigenvalue weighted by Crippen LogP contribution is -2.25. The second-order valence-corrected chi connectivity index (χ2v) is 6.15. The van der Waals surface area contributed by atoms with Crippen molar-refractivity contribution in [3.8, 4) is 0 Å². The van der Waals surface area contributed by atoms with Gasteiger partial charge in [-0.05, 0) is 7.05 Å². The Labute approximate surface area is 112 Å². The smallest absolute Gasteiger partial charge is 0.286 e. The van der Waals surface area contributed by atoms with E-state index in [0.29, 0.717) is 10.1 Å². The fraction of sp³-hybridized carbons (Fsp3) is 0.364. The molecule has 1 N–H and O–H groups in total. The van der Waals surface area contributed by atoms with Crippen molar-refractivity contribution in [2.45, 2.75) is 13.0 Å². The third-order valence-corrected chi connectivity index (χ3v) is 4.54. The molecule has 0 aromatic carbocycles. The summed E-state index contributed by atoms with van der Waals surface area (Å²) in [6, 6.07) is 0. The molecule has 0 fully saturated rings. The van der Waals surface area contributed by atoms with Crippen LogP contribution in [0.15, 0.2) is 11.6 Å². The number of rotatable bonds is 2. The first kappa shape index (κ1) is 11.8. The van der Waals surface area contributed by atoms with Crippen molar-refractivity contribution < 1.29 is 4.79 Å². The number of carbonyl (C=O) groups is 1. The van der Waals surface area contributed by atoms with Gasteiger partial charge >= 0.3 is 0 Å². The summed E-state index contributed by atoms with van der Waals surface area (Å²) in [5.74, 6) is -0.176. The van der Waals surface area contributed by atoms with E-state index in [-0.39, 0.29) is 5.91 Å². The van der Waals surface area contributed by atoms with Crippen LogP contribution in [0.2, 0.25) is 0 Å². The molecule has 18 heavy (non-hydrogen) atoms. The van der Waals surface area contributed by atoms with E-state index in [1.54, 1.807) is 22.9 Å². The molecule has 2 aromatic heterocycles. The lowest BCUT2D eigenvalue weighted by molar-refractivity contribution is 0.102. The highest BCUT2D eigenvalue weighted by molar-refractivity contribution is 7.16. The van der Waals surface area contributed by atoms with Gasteiger partial charge in [-0.15, -0.1) is 22.7 Å². The second-order valence-electron chi connectivity index (χ2n) is 4.17. The molecule has 3 rings (SSSR count). The van der Waals surface area contributed by atoms with E-state index in [4.69, 9.17) is 0 Å². The molecule has 0 spiro atoms. The van der Waals surface area contributed by atoms with Crippen LogP contribution in [0.3, 0.4) is 0 Å². The van der Waals surface area contributed by atoms with Gasteiger partial charge in [0.25, 0.3) is 5.91 Å². The highest BCUT2D eigenvalue weighted by atomic mass is 32.1. The van der Waals surface area contributed by atoms with Crippen LogP contribution in [0, 0.1) is 0 Å². The Morgan fingerprint density at radius 3 is 3.22 bits per heavy atom. The molecular formula is C11H12N4OS2. The van der Waals surface area contributed by atoms with Gasteiger partial charge in [-0.3, -0.25) is 10.1 Å². The molecule has 1 aliphatic heterocycles. The molecule has 0 saturated heterocycles. The third kappa shape index (κ3) is 2.29. The zero-order chi connectivity index (χ0) is 12.5. The number of nitrogens with zero attached hydrogens (tertiary/aromatic N) is 3. The van der Waals surface area contributed by atoms with Crippen molar-refractivity contribution in [1.29, 1.82) is 0 Å². The predicted molar refractivity (Wildman–Crippen MR) is 72.2 cm³/mol. The van der Waals surface area contributed by atoms with E-state index in [0.717, 1.165) is 25.2 Å². The number of thiazole rings is 2. The Hall–Kier alpha value is -1.31. The fourth-order valence-electron chi connectivity index (χ4n) is 1.86. The van der Waals surface area contributed by atoms with Crippen LogP contribution in [-0.4, -0.2) is 34.4 Å². The van der Waals surface area contributed by atoms with Gasteiger partial charge in [0.05, 0.1) is 5.69 Å². The molecule has 0 atom stereocenters. The standard InChI is InChI=1S/C11H12N4OS2/c1-15-4-2-7-8(6-15)18-11(13-7)14-9(16)10-12-3-5-17-10/h3,5H,2,4,6H2,1H3,(H,13,14,16). The first-order valence-electron chi connectivity index (χ1n) is 5.60. The summed E-state index contributed by atoms with van der Waals surface area (Å²) in [7, 11) is 2.09. The molecule has 7 heteroatoms. The van der Waals surface area contributed by atoms with E-state index < -0.39 is 0 Å². The molecular weight excluding hydrogens is 268 g/mol. The minimum absolute atomic E-state index is 0.176. The van der Waals surface area contributed by atoms with E-state index in [2.05, 4.69) is 27.2 Å². The van der Waals surface area contributed by atoms with Gasteiger partial charge in [0, 0.05) is 36.0 Å². The van der Waals surface area contributed by atoms with Crippen molar-refractivity contribution in [1.82, 2.24) is 14.9 Å². The van der Waals surface area contributed by atoms with Gasteiger partial charge in [0.1, 0.15) is 0 Å². The monoisotopic (exact) mass is 280 g/mol. The predicted octanol–water partition coefficient (Wildman–Crippen LogP) is 1.84. The largest absolute Gasteiger partial charge is 0.301 e. The normalized spacial score (nSPS) is 15.4. The zero-order valence-electron chi connectivity index (χ0n) is 9.84. The van der Waals surface area contributed by atoms with Crippen LogP contribution in [0.5, 0.6) is 0 Å². The Kier molecular flexibility index (Phi) is 3.11. The van der Waals surface area contributed by atoms with Crippen LogP contribution >= 0.6 is 22.7 Å². The summed E-state index contributed by atoms with van der Waals surface area (Å²) in [5, 5.41) is 5.75. The average molecular weight is 280 g/mol. The Bertz CT molecular complexity index is 564. The number of hydrogen-bond acceptors (Lipinski definition) is 6. The molecule has 5 nitrogen and oxygen atoms in total. The number of fused-ring (bicyclic) bond motifs is 1. The number of nitrogens with one attached hydrogen (secondary N) is 1. The Balaban J connectivity index is 1.76. The van der Waals surface area contributed by atoms with Gasteiger partial charge in [-0.25, -0.2) is 9.97 Å². The molecule has 3 heterocycles. The SMILES string of the molecule is CN1CCc2nc(NC(=O)c3nccs3)sc2C1. The van der Waals surface area contributed by atoms with E-state index in [1.165, 1.54) is 16.2 Å². The highest BCUT2D eigenvalue weighted by Crippen LogP contribution is 2.28. The maximum Gasteiger partial charge on any atom is 0.286 e. The summed E-state index contributed by atoms with van der Waals surface area (Å²) in [6.07, 6.45) is 2.58. The summed E-state index contributed by atoms with van der Waals surface area (Å²) < 4.78 is 0. The zero-order valence-corrected chi connectivity index (χ0v) is 11.5. The van der Waals surface area contributed by atoms with Crippen LogP contribution in [0.25, 0.3) is 0 Å². The minimum Gasteiger partial charge on any atom is -0.301 e. The van der Waals surface area contributed by atoms with E-state index in [9.17, 15) is 4.79 Å². The molecule has 0 bridgehead atoms. The van der Waals surface area contributed by atoms with Crippen molar-refractivity contribution in [3.63, 3.8) is 0 Å². The minimum atomic E-state index is -0.176. The van der Waals surface area contributed by atoms with Gasteiger partial charge in [0.2, 0.25) is 0 Å². The summed E-state index contributed by atoms with van der Waals surface area (Å²) >= 11 is 2.89. The Morgan fingerprint density at radius 2 is 2.44 bits per heavy atom. The maximum atomic E-state index is 11.8. The van der Waals surface area contributed by atoms with Crippen LogP contribution < -0.4 is 5.32 Å². The highest BCUT2D eigenvalue weighted by Gasteiger charge is 2.19. The second kappa shape index (κ2) is 4.75. The van der Waals surface area contributed by atoms with Crippen molar-refractivity contribution in [2.75, 3.05) is 18.9 Å². The molecule has 94 valence electrons. The Morgan fingerprint density at radius 1 is 1.56 bits per heavy atom. The first-order valence-corrected chi connectivity index (χ1v) is 7.30. The number of hydrogen-bond donors (Lipinski definition) is 1. The summed E-state index contributed by atoms with van der Waals surface area (Å²) in [4.78, 5) is 23.8. The van der Waals surface area contributed by atoms with Gasteiger partial charge < -0.3 is 4.90 Å². The van der Waals surface area contributed by atoms with Crippen LogP contribution in [-0.2, 0) is 13.0 Å². The van der Waals surface area contributed by atoms with Crippen molar-refractivity contribution >= 4 is 33.7 Å². The van der Waals surface area contributed by atoms with Gasteiger partial charge in [-0.2, -0.15) is 0 Å². The number of likely N-dealkylation sites (N-methyl/N-ethyl adjacent to an activating group) is 1. The molecule has 0 saturated carbocycles. The molecule has 2 aromatic rings. The molecule has 1 aliphatic rings. The lowest BCUT2D eigenvalue weighted by atomic mass is 10.2. The van der Waals surface area contributed by atoms with Crippen LogP contribution in [0.1, 0.15) is 20.4 Å². The third-order valence-electron chi connectivity index (χ3n) is 2.77. The van der Waals surface area contributed by atoms with Gasteiger partial charge in [-0.1, -0.05) is 0 Å². The maximum absolute atomic E-state index is 11.8. The fourth-order valence-corrected chi connectivity index (χ4v) is 3.48. The van der Waals surface area contributed by atoms with E-state index in [1.807, 2.05) is 0 Å². The quantitative estimate of drug-likeness (QED) is 0.912. The topological polar surface area (TPSA) is 58.1 Å². The van der Waals surface area contributed by atoms with E-state index >= 15 is 0 Å². The molecule has 1 amide bonds. The lowest BCUT2D eigenvalue weighted by Gasteiger charge is -2.20. The van der Waals surface area contributed by atoms with Crippen LogP contribution in [0.4, 0.5) is 5.13 Å². The average Bonchev–Trinajstić information content (AvgIpc) is 2.95. The molecule has 0 aliphatic carbocycles. The molecule has 0 radical (unpaired) electrons. The number of aromatic nitrogens is 2. The first-order chi connectivity index (χ1) is 8.72. The van der Waals surface area contributed by atoms with Crippen molar-refractivity contribution in [3.05, 3.63) is 27.2 Å². The number of anilines is 1. The summed E-state index contributed by atoms with van der Waals surface area (Å²) in [6.45, 7) is 1.94.